The summed E-state index contributed by atoms with van der Waals surface area (Å²) < 4.78 is 0. The van der Waals surface area contributed by atoms with Crippen molar-refractivity contribution < 1.29 is 0 Å². The maximum absolute atomic E-state index is 4.63. The number of pyridine rings is 1. The van der Waals surface area contributed by atoms with Gasteiger partial charge in [-0.25, -0.2) is 15.4 Å². The van der Waals surface area contributed by atoms with Gasteiger partial charge in [0.2, 0.25) is 11.9 Å². The predicted molar refractivity (Wildman–Crippen MR) is 121 cm³/mol. The zero-order chi connectivity index (χ0) is 21.0. The molecule has 9 nitrogen and oxygen atoms in total. The first-order chi connectivity index (χ1) is 15.2. The lowest BCUT2D eigenvalue weighted by Gasteiger charge is -2.07. The Balaban J connectivity index is 1.26. The number of benzene rings is 2. The van der Waals surface area contributed by atoms with Crippen molar-refractivity contribution in [2.75, 3.05) is 10.6 Å². The zero-order valence-corrected chi connectivity index (χ0v) is 16.8. The highest BCUT2D eigenvalue weighted by Crippen LogP contribution is 2.20. The van der Waals surface area contributed by atoms with Crippen molar-refractivity contribution in [3.05, 3.63) is 83.9 Å². The number of nitrogens with one attached hydrogen (secondary N) is 5. The van der Waals surface area contributed by atoms with Crippen molar-refractivity contribution in [1.29, 1.82) is 0 Å². The van der Waals surface area contributed by atoms with Gasteiger partial charge in [-0.2, -0.15) is 4.98 Å². The molecule has 0 amide bonds. The Morgan fingerprint density at radius 1 is 0.806 bits per heavy atom. The summed E-state index contributed by atoms with van der Waals surface area (Å²) in [5.74, 6) is 2.99. The number of aromatic nitrogens is 4. The molecule has 9 heteroatoms. The third-order valence-electron chi connectivity index (χ3n) is 4.75. The number of anilines is 3. The van der Waals surface area contributed by atoms with Crippen LogP contribution in [0.3, 0.4) is 0 Å². The molecular formula is C22H21N9. The van der Waals surface area contributed by atoms with Crippen molar-refractivity contribution in [3.63, 3.8) is 0 Å². The molecule has 0 saturated carbocycles. The van der Waals surface area contributed by atoms with Gasteiger partial charge in [0.15, 0.2) is 5.82 Å². The maximum Gasteiger partial charge on any atom is 0.248 e. The number of nitrogens with zero attached hydrogens (tertiary/aromatic N) is 4. The molecule has 5 N–H and O–H groups in total. The van der Waals surface area contributed by atoms with E-state index in [4.69, 9.17) is 0 Å². The molecule has 3 heterocycles. The number of hydrogen-bond donors (Lipinski definition) is 5. The molecule has 31 heavy (non-hydrogen) atoms. The highest BCUT2D eigenvalue weighted by molar-refractivity contribution is 5.93. The highest BCUT2D eigenvalue weighted by Gasteiger charge is 2.18. The lowest BCUT2D eigenvalue weighted by molar-refractivity contribution is 0.574. The van der Waals surface area contributed by atoms with Crippen LogP contribution in [0.5, 0.6) is 0 Å². The number of H-pyrrole nitrogens is 1. The van der Waals surface area contributed by atoms with E-state index in [0.29, 0.717) is 29.4 Å². The SMILES string of the molecule is Cc1ccc(C2N=C(Nc3cccc(Nc4n[nH]c(-c5ccccc5)n4)n3)NN2)cc1. The van der Waals surface area contributed by atoms with Gasteiger partial charge in [0.1, 0.15) is 17.8 Å². The van der Waals surface area contributed by atoms with Crippen molar-refractivity contribution >= 4 is 23.5 Å². The van der Waals surface area contributed by atoms with Gasteiger partial charge in [-0.3, -0.25) is 10.5 Å². The van der Waals surface area contributed by atoms with Crippen molar-refractivity contribution in [2.45, 2.75) is 13.1 Å². The molecule has 2 aromatic carbocycles. The summed E-state index contributed by atoms with van der Waals surface area (Å²) in [6, 6.07) is 23.7. The van der Waals surface area contributed by atoms with Crippen LogP contribution >= 0.6 is 0 Å². The maximum atomic E-state index is 4.63. The Hall–Kier alpha value is -4.24. The van der Waals surface area contributed by atoms with Crippen LogP contribution in [0, 0.1) is 6.92 Å². The summed E-state index contributed by atoms with van der Waals surface area (Å²) in [4.78, 5) is 13.7. The first-order valence-electron chi connectivity index (χ1n) is 9.88. The van der Waals surface area contributed by atoms with E-state index in [0.717, 1.165) is 11.1 Å². The standard InChI is InChI=1S/C22H21N9/c1-14-10-12-16(13-11-14)20-27-22(31-29-20)25-18-9-5-8-17(23-18)24-21-26-19(28-30-21)15-6-3-2-4-7-15/h2-13,20,29H,1H3,(H4,23,24,25,26,27,28,30,31). The molecule has 1 unspecified atom stereocenters. The largest absolute Gasteiger partial charge is 0.310 e. The molecule has 0 saturated heterocycles. The van der Waals surface area contributed by atoms with E-state index in [2.05, 4.69) is 77.8 Å². The van der Waals surface area contributed by atoms with Gasteiger partial charge < -0.3 is 10.6 Å². The number of aliphatic imine (C=N–C) groups is 1. The Labute approximate surface area is 179 Å². The van der Waals surface area contributed by atoms with Gasteiger partial charge in [0, 0.05) is 5.56 Å². The second-order valence-electron chi connectivity index (χ2n) is 7.09. The first kappa shape index (κ1) is 18.8. The minimum absolute atomic E-state index is 0.158. The van der Waals surface area contributed by atoms with Crippen LogP contribution in [-0.4, -0.2) is 26.1 Å². The first-order valence-corrected chi connectivity index (χ1v) is 9.88. The average molecular weight is 411 g/mol. The third-order valence-corrected chi connectivity index (χ3v) is 4.75. The third kappa shape index (κ3) is 4.36. The summed E-state index contributed by atoms with van der Waals surface area (Å²) in [5, 5.41) is 13.5. The molecule has 0 spiro atoms. The minimum Gasteiger partial charge on any atom is -0.310 e. The molecule has 1 aliphatic heterocycles. The van der Waals surface area contributed by atoms with Crippen LogP contribution in [0.15, 0.2) is 77.8 Å². The van der Waals surface area contributed by atoms with E-state index in [1.807, 2.05) is 48.5 Å². The lowest BCUT2D eigenvalue weighted by atomic mass is 10.1. The summed E-state index contributed by atoms with van der Waals surface area (Å²) >= 11 is 0. The number of rotatable bonds is 5. The predicted octanol–water partition coefficient (Wildman–Crippen LogP) is 3.49. The highest BCUT2D eigenvalue weighted by atomic mass is 15.5. The molecule has 0 radical (unpaired) electrons. The van der Waals surface area contributed by atoms with Crippen molar-refractivity contribution in [3.8, 4) is 11.4 Å². The number of hydrazine groups is 1. The fraction of sp³-hybridized carbons (Fsp3) is 0.0909. The minimum atomic E-state index is -0.158. The van der Waals surface area contributed by atoms with Crippen molar-refractivity contribution in [1.82, 2.24) is 31.0 Å². The molecule has 5 rings (SSSR count). The second kappa shape index (κ2) is 8.25. The summed E-state index contributed by atoms with van der Waals surface area (Å²) in [5.41, 5.74) is 9.47. The molecule has 0 fully saturated rings. The van der Waals surface area contributed by atoms with Crippen LogP contribution in [0.1, 0.15) is 17.3 Å². The molecule has 1 atom stereocenters. The average Bonchev–Trinajstić information content (AvgIpc) is 3.45. The van der Waals surface area contributed by atoms with Gasteiger partial charge in [-0.05, 0) is 24.6 Å². The topological polar surface area (TPSA) is 115 Å². The van der Waals surface area contributed by atoms with Gasteiger partial charge >= 0.3 is 0 Å². The van der Waals surface area contributed by atoms with Crippen LogP contribution in [-0.2, 0) is 0 Å². The molecule has 0 aliphatic carbocycles. The Morgan fingerprint density at radius 2 is 1.58 bits per heavy atom. The van der Waals surface area contributed by atoms with Crippen LogP contribution in [0.2, 0.25) is 0 Å². The lowest BCUT2D eigenvalue weighted by Crippen LogP contribution is -2.35. The second-order valence-corrected chi connectivity index (χ2v) is 7.09. The smallest absolute Gasteiger partial charge is 0.248 e. The Bertz CT molecular complexity index is 1200. The van der Waals surface area contributed by atoms with Crippen molar-refractivity contribution in [2.24, 2.45) is 4.99 Å². The summed E-state index contributed by atoms with van der Waals surface area (Å²) in [6.07, 6.45) is -0.158. The molecule has 2 aromatic heterocycles. The number of guanidine groups is 1. The van der Waals surface area contributed by atoms with Crippen LogP contribution in [0.4, 0.5) is 17.6 Å². The van der Waals surface area contributed by atoms with E-state index < -0.39 is 0 Å². The van der Waals surface area contributed by atoms with Crippen LogP contribution in [0.25, 0.3) is 11.4 Å². The van der Waals surface area contributed by atoms with E-state index in [9.17, 15) is 0 Å². The van der Waals surface area contributed by atoms with E-state index in [1.54, 1.807) is 0 Å². The normalized spacial score (nSPS) is 15.3. The van der Waals surface area contributed by atoms with Crippen LogP contribution < -0.4 is 21.5 Å². The number of hydrogen-bond acceptors (Lipinski definition) is 8. The molecule has 0 bridgehead atoms. The van der Waals surface area contributed by atoms with E-state index >= 15 is 0 Å². The Kier molecular flexibility index (Phi) is 4.99. The van der Waals surface area contributed by atoms with E-state index in [1.165, 1.54) is 5.56 Å². The van der Waals surface area contributed by atoms with Gasteiger partial charge in [0.05, 0.1) is 0 Å². The zero-order valence-electron chi connectivity index (χ0n) is 16.8. The quantitative estimate of drug-likeness (QED) is 0.341. The fourth-order valence-electron chi connectivity index (χ4n) is 3.15. The molecular weight excluding hydrogens is 390 g/mol. The van der Waals surface area contributed by atoms with E-state index in [-0.39, 0.29) is 6.17 Å². The molecule has 154 valence electrons. The monoisotopic (exact) mass is 411 g/mol. The number of aryl methyl sites for hydroxylation is 1. The number of aromatic amines is 1. The fourth-order valence-corrected chi connectivity index (χ4v) is 3.15. The Morgan fingerprint density at radius 3 is 2.39 bits per heavy atom. The van der Waals surface area contributed by atoms with Gasteiger partial charge in [-0.15, -0.1) is 5.10 Å². The summed E-state index contributed by atoms with van der Waals surface area (Å²) in [7, 11) is 0. The molecule has 4 aromatic rings. The van der Waals surface area contributed by atoms with Gasteiger partial charge in [-0.1, -0.05) is 66.2 Å². The molecule has 1 aliphatic rings. The summed E-state index contributed by atoms with van der Waals surface area (Å²) in [6.45, 7) is 2.06. The van der Waals surface area contributed by atoms with Gasteiger partial charge in [0.25, 0.3) is 0 Å².